The Morgan fingerprint density at radius 2 is 2.20 bits per heavy atom. The van der Waals surface area contributed by atoms with Gasteiger partial charge in [0.25, 0.3) is 0 Å². The first kappa shape index (κ1) is 10.6. The second kappa shape index (κ2) is 4.29. The Morgan fingerprint density at radius 1 is 1.47 bits per heavy atom. The lowest BCUT2D eigenvalue weighted by Crippen LogP contribution is -2.29. The third-order valence-electron chi connectivity index (χ3n) is 2.95. The minimum Gasteiger partial charge on any atom is -0.379 e. The van der Waals surface area contributed by atoms with E-state index in [2.05, 4.69) is 0 Å². The quantitative estimate of drug-likeness (QED) is 0.825. The molecule has 0 aromatic heterocycles. The zero-order valence-corrected chi connectivity index (χ0v) is 8.82. The third-order valence-corrected chi connectivity index (χ3v) is 2.95. The molecule has 0 heterocycles. The molecule has 2 atom stereocenters. The molecule has 0 aliphatic heterocycles. The van der Waals surface area contributed by atoms with Gasteiger partial charge in [0.05, 0.1) is 12.1 Å². The molecule has 0 radical (unpaired) electrons. The van der Waals surface area contributed by atoms with Crippen LogP contribution < -0.4 is 5.73 Å². The number of methoxy groups -OCH3 is 1. The van der Waals surface area contributed by atoms with Crippen molar-refractivity contribution < 1.29 is 9.13 Å². The molecule has 15 heavy (non-hydrogen) atoms. The summed E-state index contributed by atoms with van der Waals surface area (Å²) in [5.74, 6) is 0.307. The molecule has 1 aromatic carbocycles. The smallest absolute Gasteiger partial charge is 0.123 e. The zero-order valence-electron chi connectivity index (χ0n) is 8.82. The molecule has 1 aliphatic rings. The second-order valence-electron chi connectivity index (χ2n) is 4.12. The van der Waals surface area contributed by atoms with Gasteiger partial charge in [0, 0.05) is 7.11 Å². The Balaban J connectivity index is 2.14. The topological polar surface area (TPSA) is 35.2 Å². The Kier molecular flexibility index (Phi) is 3.03. The Bertz CT molecular complexity index is 338. The molecule has 2 rings (SSSR count). The molecule has 2 N–H and O–H groups in total. The van der Waals surface area contributed by atoms with Crippen molar-refractivity contribution in [1.82, 2.24) is 0 Å². The molecule has 1 aromatic rings. The monoisotopic (exact) mass is 209 g/mol. The van der Waals surface area contributed by atoms with E-state index >= 15 is 0 Å². The van der Waals surface area contributed by atoms with Crippen LogP contribution in [0.1, 0.15) is 24.4 Å². The van der Waals surface area contributed by atoms with Gasteiger partial charge in [-0.3, -0.25) is 0 Å². The van der Waals surface area contributed by atoms with E-state index in [-0.39, 0.29) is 18.0 Å². The number of hydrogen-bond acceptors (Lipinski definition) is 2. The normalized spacial score (nSPS) is 19.9. The summed E-state index contributed by atoms with van der Waals surface area (Å²) in [7, 11) is 1.67. The van der Waals surface area contributed by atoms with E-state index in [0.29, 0.717) is 5.92 Å². The van der Waals surface area contributed by atoms with Crippen LogP contribution in [-0.2, 0) is 4.74 Å². The highest BCUT2D eigenvalue weighted by Crippen LogP contribution is 2.38. The first-order chi connectivity index (χ1) is 7.22. The average molecular weight is 209 g/mol. The van der Waals surface area contributed by atoms with Gasteiger partial charge in [0.2, 0.25) is 0 Å². The number of halogens is 1. The first-order valence-corrected chi connectivity index (χ1v) is 5.26. The van der Waals surface area contributed by atoms with Gasteiger partial charge < -0.3 is 10.5 Å². The molecule has 0 saturated heterocycles. The van der Waals surface area contributed by atoms with Crippen molar-refractivity contribution >= 4 is 0 Å². The summed E-state index contributed by atoms with van der Waals surface area (Å²) in [5, 5.41) is 0. The lowest BCUT2D eigenvalue weighted by Gasteiger charge is -2.22. The van der Waals surface area contributed by atoms with Crippen LogP contribution >= 0.6 is 0 Å². The number of benzene rings is 1. The van der Waals surface area contributed by atoms with Crippen LogP contribution in [0.5, 0.6) is 0 Å². The van der Waals surface area contributed by atoms with Crippen LogP contribution in [0.15, 0.2) is 24.3 Å². The van der Waals surface area contributed by atoms with E-state index in [1.54, 1.807) is 13.2 Å². The predicted molar refractivity (Wildman–Crippen MR) is 56.8 cm³/mol. The fourth-order valence-electron chi connectivity index (χ4n) is 1.96. The van der Waals surface area contributed by atoms with Crippen LogP contribution in [0.25, 0.3) is 0 Å². The largest absolute Gasteiger partial charge is 0.379 e. The number of rotatable bonds is 4. The van der Waals surface area contributed by atoms with E-state index in [9.17, 15) is 4.39 Å². The summed E-state index contributed by atoms with van der Waals surface area (Å²) in [6, 6.07) is 6.22. The highest BCUT2D eigenvalue weighted by atomic mass is 19.1. The molecular formula is C12H16FNO. The van der Waals surface area contributed by atoms with Gasteiger partial charge in [-0.2, -0.15) is 0 Å². The van der Waals surface area contributed by atoms with Gasteiger partial charge in [-0.15, -0.1) is 0 Å². The molecule has 2 unspecified atom stereocenters. The lowest BCUT2D eigenvalue weighted by molar-refractivity contribution is 0.0623. The molecule has 2 nitrogen and oxygen atoms in total. The molecular weight excluding hydrogens is 193 g/mol. The molecule has 1 aliphatic carbocycles. The van der Waals surface area contributed by atoms with Crippen LogP contribution in [0.3, 0.4) is 0 Å². The van der Waals surface area contributed by atoms with Crippen molar-refractivity contribution in [2.45, 2.75) is 25.0 Å². The standard InChI is InChI=1S/C12H16FNO/c1-15-12(8-5-6-8)11(14)9-3-2-4-10(13)7-9/h2-4,7-8,11-12H,5-6,14H2,1H3. The van der Waals surface area contributed by atoms with Gasteiger partial charge in [0.15, 0.2) is 0 Å². The fraction of sp³-hybridized carbons (Fsp3) is 0.500. The highest BCUT2D eigenvalue weighted by Gasteiger charge is 2.35. The van der Waals surface area contributed by atoms with Crippen molar-refractivity contribution in [3.05, 3.63) is 35.6 Å². The summed E-state index contributed by atoms with van der Waals surface area (Å²) in [5.41, 5.74) is 6.88. The number of hydrogen-bond donors (Lipinski definition) is 1. The van der Waals surface area contributed by atoms with Gasteiger partial charge in [-0.25, -0.2) is 4.39 Å². The summed E-state index contributed by atoms with van der Waals surface area (Å²) in [6.07, 6.45) is 2.36. The van der Waals surface area contributed by atoms with Crippen LogP contribution in [0, 0.1) is 11.7 Å². The van der Waals surface area contributed by atoms with Crippen molar-refractivity contribution in [3.63, 3.8) is 0 Å². The van der Waals surface area contributed by atoms with E-state index in [1.165, 1.54) is 25.0 Å². The predicted octanol–water partition coefficient (Wildman–Crippen LogP) is 2.25. The molecule has 82 valence electrons. The maximum absolute atomic E-state index is 13.0. The Hall–Kier alpha value is -0.930. The number of ether oxygens (including phenoxy) is 1. The Morgan fingerprint density at radius 3 is 2.73 bits per heavy atom. The fourth-order valence-corrected chi connectivity index (χ4v) is 1.96. The molecule has 0 spiro atoms. The van der Waals surface area contributed by atoms with Crippen molar-refractivity contribution in [1.29, 1.82) is 0 Å². The van der Waals surface area contributed by atoms with E-state index in [0.717, 1.165) is 5.56 Å². The zero-order chi connectivity index (χ0) is 10.8. The van der Waals surface area contributed by atoms with Gasteiger partial charge in [-0.05, 0) is 36.5 Å². The molecule has 3 heteroatoms. The van der Waals surface area contributed by atoms with Crippen LogP contribution in [-0.4, -0.2) is 13.2 Å². The van der Waals surface area contributed by atoms with E-state index in [4.69, 9.17) is 10.5 Å². The number of nitrogens with two attached hydrogens (primary N) is 1. The Labute approximate surface area is 89.2 Å². The SMILES string of the molecule is COC(C1CC1)C(N)c1cccc(F)c1. The highest BCUT2D eigenvalue weighted by molar-refractivity contribution is 5.21. The summed E-state index contributed by atoms with van der Waals surface area (Å²) in [4.78, 5) is 0. The van der Waals surface area contributed by atoms with E-state index < -0.39 is 0 Å². The maximum atomic E-state index is 13.0. The molecule has 0 bridgehead atoms. The summed E-state index contributed by atoms with van der Waals surface area (Å²) in [6.45, 7) is 0. The van der Waals surface area contributed by atoms with Gasteiger partial charge in [-0.1, -0.05) is 12.1 Å². The van der Waals surface area contributed by atoms with Gasteiger partial charge >= 0.3 is 0 Å². The first-order valence-electron chi connectivity index (χ1n) is 5.26. The van der Waals surface area contributed by atoms with Crippen LogP contribution in [0.2, 0.25) is 0 Å². The van der Waals surface area contributed by atoms with E-state index in [1.807, 2.05) is 6.07 Å². The third kappa shape index (κ3) is 2.36. The van der Waals surface area contributed by atoms with Crippen molar-refractivity contribution in [2.24, 2.45) is 11.7 Å². The maximum Gasteiger partial charge on any atom is 0.123 e. The minimum absolute atomic E-state index is 0.0202. The van der Waals surface area contributed by atoms with Crippen LogP contribution in [0.4, 0.5) is 4.39 Å². The molecule has 1 saturated carbocycles. The summed E-state index contributed by atoms with van der Waals surface area (Å²) < 4.78 is 18.4. The molecule has 1 fully saturated rings. The van der Waals surface area contributed by atoms with Crippen molar-refractivity contribution in [2.75, 3.05) is 7.11 Å². The lowest BCUT2D eigenvalue weighted by atomic mass is 9.99. The average Bonchev–Trinajstić information content (AvgIpc) is 3.03. The molecule has 0 amide bonds. The van der Waals surface area contributed by atoms with Crippen molar-refractivity contribution in [3.8, 4) is 0 Å². The second-order valence-corrected chi connectivity index (χ2v) is 4.12. The minimum atomic E-state index is -0.242. The van der Waals surface area contributed by atoms with Gasteiger partial charge in [0.1, 0.15) is 5.82 Å². The summed E-state index contributed by atoms with van der Waals surface area (Å²) >= 11 is 0.